The number of nitrogens with zero attached hydrogens (tertiary/aromatic N) is 2. The van der Waals surface area contributed by atoms with Gasteiger partial charge < -0.3 is 15.7 Å². The van der Waals surface area contributed by atoms with E-state index in [9.17, 15) is 37.5 Å². The number of halogens is 5. The van der Waals surface area contributed by atoms with Crippen LogP contribution < -0.4 is 15.5 Å². The lowest BCUT2D eigenvalue weighted by atomic mass is 9.94. The summed E-state index contributed by atoms with van der Waals surface area (Å²) in [4.78, 5) is 27.1. The maximum absolute atomic E-state index is 14.1. The van der Waals surface area contributed by atoms with Crippen LogP contribution in [-0.4, -0.2) is 30.0 Å². The molecule has 0 aliphatic carbocycles. The number of fused-ring (bicyclic) bond motifs is 2. The average Bonchev–Trinajstić information content (AvgIpc) is 3.36. The Morgan fingerprint density at radius 3 is 2.63 bits per heavy atom. The molecule has 3 aromatic carbocycles. The van der Waals surface area contributed by atoms with Gasteiger partial charge in [0.25, 0.3) is 12.3 Å². The molecular formula is C26H17ClF4N4O3. The molecule has 2 heterocycles. The van der Waals surface area contributed by atoms with Crippen molar-refractivity contribution in [1.82, 2.24) is 5.32 Å². The van der Waals surface area contributed by atoms with Gasteiger partial charge in [0.15, 0.2) is 5.60 Å². The summed E-state index contributed by atoms with van der Waals surface area (Å²) >= 11 is 6.28. The minimum Gasteiger partial charge on any atom is -0.377 e. The average molecular weight is 545 g/mol. The van der Waals surface area contributed by atoms with E-state index in [1.807, 2.05) is 6.07 Å². The third-order valence-electron chi connectivity index (χ3n) is 6.56. The molecule has 0 spiro atoms. The van der Waals surface area contributed by atoms with Crippen molar-refractivity contribution in [3.8, 4) is 6.07 Å². The molecule has 0 saturated carbocycles. The van der Waals surface area contributed by atoms with E-state index in [1.165, 1.54) is 18.2 Å². The first-order valence-corrected chi connectivity index (χ1v) is 11.6. The van der Waals surface area contributed by atoms with Gasteiger partial charge in [-0.25, -0.2) is 22.4 Å². The largest absolute Gasteiger partial charge is 0.377 e. The van der Waals surface area contributed by atoms with Gasteiger partial charge in [-0.2, -0.15) is 5.26 Å². The van der Waals surface area contributed by atoms with Crippen LogP contribution in [0.25, 0.3) is 0 Å². The molecule has 7 nitrogen and oxygen atoms in total. The molecule has 0 aromatic heterocycles. The van der Waals surface area contributed by atoms with Gasteiger partial charge in [-0.1, -0.05) is 11.6 Å². The second kappa shape index (κ2) is 9.31. The van der Waals surface area contributed by atoms with Crippen LogP contribution in [0.5, 0.6) is 0 Å². The Morgan fingerprint density at radius 2 is 1.92 bits per heavy atom. The van der Waals surface area contributed by atoms with Crippen LogP contribution in [0, 0.1) is 23.0 Å². The highest BCUT2D eigenvalue weighted by molar-refractivity contribution is 6.31. The molecule has 0 unspecified atom stereocenters. The molecule has 2 aliphatic heterocycles. The summed E-state index contributed by atoms with van der Waals surface area (Å²) < 4.78 is 55.5. The topological polar surface area (TPSA) is 105 Å². The third-order valence-corrected chi connectivity index (χ3v) is 6.91. The van der Waals surface area contributed by atoms with E-state index in [0.29, 0.717) is 5.56 Å². The monoisotopic (exact) mass is 544 g/mol. The summed E-state index contributed by atoms with van der Waals surface area (Å²) in [5.41, 5.74) is -2.45. The number of alkyl halides is 2. The fraction of sp³-hybridized carbons (Fsp3) is 0.192. The number of nitriles is 1. The predicted molar refractivity (Wildman–Crippen MR) is 129 cm³/mol. The molecule has 0 bridgehead atoms. The zero-order valence-corrected chi connectivity index (χ0v) is 20.0. The van der Waals surface area contributed by atoms with Crippen LogP contribution >= 0.6 is 11.6 Å². The van der Waals surface area contributed by atoms with Crippen LogP contribution in [0.3, 0.4) is 0 Å². The standard InChI is InChI=1S/C26H17ClF4N4O3/c27-18-3-1-13(28)9-15(18)22-21-16(23(36)34-22)7-12(5-6-32)8-19(21)33-25(37)35-11-26(38,24(30)31)17-10-14(29)2-4-20(17)35/h1-4,7-10,22,24,38H,5,11H2,(H,33,37)(H,34,36)/t22-,26+/m1/s1. The lowest BCUT2D eigenvalue weighted by Crippen LogP contribution is -2.43. The van der Waals surface area contributed by atoms with Gasteiger partial charge in [0.05, 0.1) is 30.8 Å². The number of β-amino-alcohol motifs (C(OH)–C–C–N with tert-alkyl or cyclic N) is 1. The van der Waals surface area contributed by atoms with Crippen LogP contribution in [0.2, 0.25) is 5.02 Å². The predicted octanol–water partition coefficient (Wildman–Crippen LogP) is 5.02. The lowest BCUT2D eigenvalue weighted by Gasteiger charge is -2.24. The number of nitrogens with one attached hydrogen (secondary N) is 2. The molecule has 3 N–H and O–H groups in total. The minimum atomic E-state index is -3.33. The number of hydrogen-bond acceptors (Lipinski definition) is 4. The summed E-state index contributed by atoms with van der Waals surface area (Å²) in [6.45, 7) is -0.869. The van der Waals surface area contributed by atoms with Gasteiger partial charge in [-0.05, 0) is 54.1 Å². The highest BCUT2D eigenvalue weighted by atomic mass is 35.5. The van der Waals surface area contributed by atoms with Gasteiger partial charge in [0, 0.05) is 33.0 Å². The Morgan fingerprint density at radius 1 is 1.21 bits per heavy atom. The summed E-state index contributed by atoms with van der Waals surface area (Å²) in [6, 6.07) is 9.28. The fourth-order valence-corrected chi connectivity index (χ4v) is 5.04. The van der Waals surface area contributed by atoms with Crippen molar-refractivity contribution < 1.29 is 32.3 Å². The number of hydrogen-bond donors (Lipinski definition) is 3. The Balaban J connectivity index is 1.59. The molecule has 0 saturated heterocycles. The van der Waals surface area contributed by atoms with Gasteiger partial charge in [-0.3, -0.25) is 9.69 Å². The first kappa shape index (κ1) is 25.5. The Kier molecular flexibility index (Phi) is 6.25. The first-order valence-electron chi connectivity index (χ1n) is 11.2. The van der Waals surface area contributed by atoms with Gasteiger partial charge in [0.2, 0.25) is 0 Å². The molecule has 5 rings (SSSR count). The maximum atomic E-state index is 14.1. The van der Waals surface area contributed by atoms with Gasteiger partial charge >= 0.3 is 6.03 Å². The maximum Gasteiger partial charge on any atom is 0.326 e. The van der Waals surface area contributed by atoms with Crippen molar-refractivity contribution in [3.05, 3.63) is 93.0 Å². The molecule has 3 amide bonds. The van der Waals surface area contributed by atoms with Crippen molar-refractivity contribution >= 4 is 34.9 Å². The molecule has 38 heavy (non-hydrogen) atoms. The number of urea groups is 1. The summed E-state index contributed by atoms with van der Waals surface area (Å²) in [5.74, 6) is -2.05. The summed E-state index contributed by atoms with van der Waals surface area (Å²) in [5, 5.41) is 25.2. The number of aliphatic hydroxyl groups is 1. The molecule has 0 fully saturated rings. The van der Waals surface area contributed by atoms with Crippen LogP contribution in [0.1, 0.15) is 38.7 Å². The molecule has 3 aromatic rings. The second-order valence-corrected chi connectivity index (χ2v) is 9.32. The van der Waals surface area contributed by atoms with E-state index >= 15 is 0 Å². The van der Waals surface area contributed by atoms with Crippen molar-refractivity contribution in [2.45, 2.75) is 24.5 Å². The lowest BCUT2D eigenvalue weighted by molar-refractivity contribution is -0.0892. The van der Waals surface area contributed by atoms with Crippen molar-refractivity contribution in [1.29, 1.82) is 5.26 Å². The third kappa shape index (κ3) is 4.12. The van der Waals surface area contributed by atoms with Crippen molar-refractivity contribution in [2.24, 2.45) is 0 Å². The van der Waals surface area contributed by atoms with E-state index in [0.717, 1.165) is 35.2 Å². The van der Waals surface area contributed by atoms with E-state index in [2.05, 4.69) is 10.6 Å². The van der Waals surface area contributed by atoms with Gasteiger partial charge in [-0.15, -0.1) is 0 Å². The minimum absolute atomic E-state index is 0.0394. The van der Waals surface area contributed by atoms with E-state index in [4.69, 9.17) is 11.6 Å². The molecule has 12 heteroatoms. The molecule has 2 aliphatic rings. The number of carbonyl (C=O) groups excluding carboxylic acids is 2. The number of benzene rings is 3. The van der Waals surface area contributed by atoms with Crippen LogP contribution in [0.15, 0.2) is 48.5 Å². The van der Waals surface area contributed by atoms with Crippen LogP contribution in [-0.2, 0) is 12.0 Å². The normalized spacial score (nSPS) is 19.7. The molecular weight excluding hydrogens is 528 g/mol. The number of amides is 3. The zero-order valence-electron chi connectivity index (χ0n) is 19.2. The SMILES string of the molecule is N#CCc1cc(NC(=O)N2C[C@@](O)(C(F)F)c3cc(F)ccc32)c2c(c1)C(=O)N[C@@H]2c1cc(F)ccc1Cl. The molecule has 194 valence electrons. The van der Waals surface area contributed by atoms with Gasteiger partial charge in [0.1, 0.15) is 11.6 Å². The summed E-state index contributed by atoms with van der Waals surface area (Å²) in [6.07, 6.45) is -3.45. The molecule has 0 radical (unpaired) electrons. The highest BCUT2D eigenvalue weighted by Crippen LogP contribution is 2.44. The Hall–Kier alpha value is -4.14. The van der Waals surface area contributed by atoms with Crippen molar-refractivity contribution in [2.75, 3.05) is 16.8 Å². The zero-order chi connectivity index (χ0) is 27.4. The number of carbonyl (C=O) groups is 2. The van der Waals surface area contributed by atoms with Crippen LogP contribution in [0.4, 0.5) is 33.7 Å². The summed E-state index contributed by atoms with van der Waals surface area (Å²) in [7, 11) is 0. The molecule has 2 atom stereocenters. The van der Waals surface area contributed by atoms with Crippen molar-refractivity contribution in [3.63, 3.8) is 0 Å². The Bertz CT molecular complexity index is 1540. The smallest absolute Gasteiger partial charge is 0.326 e. The number of anilines is 2. The second-order valence-electron chi connectivity index (χ2n) is 8.91. The van der Waals surface area contributed by atoms with E-state index in [-0.39, 0.29) is 39.5 Å². The van der Waals surface area contributed by atoms with E-state index < -0.39 is 53.7 Å². The quantitative estimate of drug-likeness (QED) is 0.401. The number of rotatable bonds is 4. The van der Waals surface area contributed by atoms with E-state index in [1.54, 1.807) is 0 Å². The Labute approximate surface area is 218 Å². The fourth-order valence-electron chi connectivity index (χ4n) is 4.81. The first-order chi connectivity index (χ1) is 18.0. The highest BCUT2D eigenvalue weighted by Gasteiger charge is 2.50.